The Labute approximate surface area is 183 Å². The largest absolute Gasteiger partial charge is 0.497 e. The van der Waals surface area contributed by atoms with Gasteiger partial charge in [0, 0.05) is 42.4 Å². The third-order valence-corrected chi connectivity index (χ3v) is 5.70. The molecule has 31 heavy (non-hydrogen) atoms. The fourth-order valence-corrected chi connectivity index (χ4v) is 4.08. The Balaban J connectivity index is 1.50. The number of rotatable bonds is 6. The van der Waals surface area contributed by atoms with Gasteiger partial charge in [-0.05, 0) is 61.9 Å². The predicted molar refractivity (Wildman–Crippen MR) is 122 cm³/mol. The quantitative estimate of drug-likeness (QED) is 0.651. The Hall–Kier alpha value is -3.09. The number of anilines is 1. The van der Waals surface area contributed by atoms with Crippen molar-refractivity contribution in [1.29, 1.82) is 0 Å². The van der Waals surface area contributed by atoms with Crippen molar-refractivity contribution < 1.29 is 14.3 Å². The van der Waals surface area contributed by atoms with Crippen LogP contribution in [-0.2, 0) is 11.3 Å². The van der Waals surface area contributed by atoms with Crippen LogP contribution < -0.4 is 10.1 Å². The van der Waals surface area contributed by atoms with E-state index in [0.29, 0.717) is 5.56 Å². The summed E-state index contributed by atoms with van der Waals surface area (Å²) in [6.07, 6.45) is 0. The monoisotopic (exact) mass is 419 g/mol. The molecule has 2 heterocycles. The number of aromatic nitrogens is 1. The second-order valence-electron chi connectivity index (χ2n) is 7.86. The fraction of sp³-hybridized carbons (Fsp3) is 0.320. The van der Waals surface area contributed by atoms with E-state index in [0.717, 1.165) is 61.4 Å². The molecular formula is C25H29N3O3. The van der Waals surface area contributed by atoms with Crippen LogP contribution in [0.3, 0.4) is 0 Å². The van der Waals surface area contributed by atoms with Crippen LogP contribution in [0.15, 0.2) is 54.6 Å². The lowest BCUT2D eigenvalue weighted by atomic mass is 10.1. The van der Waals surface area contributed by atoms with Crippen molar-refractivity contribution in [3.63, 3.8) is 0 Å². The maximum absolute atomic E-state index is 13.1. The molecule has 6 heteroatoms. The number of morpholine rings is 1. The average molecular weight is 420 g/mol. The maximum atomic E-state index is 13.1. The van der Waals surface area contributed by atoms with Crippen LogP contribution in [0, 0.1) is 13.8 Å². The molecule has 1 aliphatic rings. The summed E-state index contributed by atoms with van der Waals surface area (Å²) in [6.45, 7) is 8.28. The SMILES string of the molecule is COc1ccc(-n2c(C)cc(C(=O)Nc3cccc(CN4CCOCC4)c3)c2C)cc1. The van der Waals surface area contributed by atoms with Crippen molar-refractivity contribution in [3.05, 3.63) is 77.1 Å². The van der Waals surface area contributed by atoms with Gasteiger partial charge < -0.3 is 19.4 Å². The van der Waals surface area contributed by atoms with Crippen molar-refractivity contribution >= 4 is 11.6 Å². The zero-order valence-corrected chi connectivity index (χ0v) is 18.4. The third kappa shape index (κ3) is 4.81. The van der Waals surface area contributed by atoms with Gasteiger partial charge in [0.2, 0.25) is 0 Å². The number of carbonyl (C=O) groups excluding carboxylic acids is 1. The number of carbonyl (C=O) groups is 1. The van der Waals surface area contributed by atoms with Crippen LogP contribution in [0.1, 0.15) is 27.3 Å². The van der Waals surface area contributed by atoms with Crippen LogP contribution in [0.2, 0.25) is 0 Å². The number of hydrogen-bond acceptors (Lipinski definition) is 4. The molecule has 2 aromatic carbocycles. The van der Waals surface area contributed by atoms with Gasteiger partial charge in [-0.25, -0.2) is 0 Å². The van der Waals surface area contributed by atoms with Gasteiger partial charge in [-0.3, -0.25) is 9.69 Å². The Morgan fingerprint density at radius 2 is 1.81 bits per heavy atom. The molecule has 1 N–H and O–H groups in total. The molecular weight excluding hydrogens is 390 g/mol. The van der Waals surface area contributed by atoms with Gasteiger partial charge >= 0.3 is 0 Å². The van der Waals surface area contributed by atoms with Gasteiger partial charge in [0.1, 0.15) is 5.75 Å². The number of methoxy groups -OCH3 is 1. The summed E-state index contributed by atoms with van der Waals surface area (Å²) in [5.74, 6) is 0.706. The summed E-state index contributed by atoms with van der Waals surface area (Å²) >= 11 is 0. The number of hydrogen-bond donors (Lipinski definition) is 1. The summed E-state index contributed by atoms with van der Waals surface area (Å²) in [6, 6.07) is 17.9. The summed E-state index contributed by atoms with van der Waals surface area (Å²) in [5, 5.41) is 3.07. The highest BCUT2D eigenvalue weighted by molar-refractivity contribution is 6.05. The first-order valence-corrected chi connectivity index (χ1v) is 10.6. The van der Waals surface area contributed by atoms with Crippen LogP contribution in [0.4, 0.5) is 5.69 Å². The number of nitrogens with one attached hydrogen (secondary N) is 1. The second kappa shape index (κ2) is 9.37. The minimum absolute atomic E-state index is 0.101. The Bertz CT molecular complexity index is 1050. The van der Waals surface area contributed by atoms with Crippen molar-refractivity contribution in [2.24, 2.45) is 0 Å². The Kier molecular flexibility index (Phi) is 6.39. The van der Waals surface area contributed by atoms with Crippen molar-refractivity contribution in [1.82, 2.24) is 9.47 Å². The first kappa shape index (κ1) is 21.2. The van der Waals surface area contributed by atoms with Crippen LogP contribution in [0.25, 0.3) is 5.69 Å². The van der Waals surface area contributed by atoms with E-state index in [9.17, 15) is 4.79 Å². The van der Waals surface area contributed by atoms with E-state index in [1.54, 1.807) is 7.11 Å². The predicted octanol–water partition coefficient (Wildman–Crippen LogP) is 4.19. The first-order valence-electron chi connectivity index (χ1n) is 10.6. The van der Waals surface area contributed by atoms with E-state index in [1.807, 2.05) is 56.3 Å². The molecule has 4 rings (SSSR count). The van der Waals surface area contributed by atoms with Gasteiger partial charge in [0.25, 0.3) is 5.91 Å². The van der Waals surface area contributed by atoms with Crippen molar-refractivity contribution in [3.8, 4) is 11.4 Å². The lowest BCUT2D eigenvalue weighted by Crippen LogP contribution is -2.35. The molecule has 1 aliphatic heterocycles. The van der Waals surface area contributed by atoms with Crippen LogP contribution in [-0.4, -0.2) is 48.8 Å². The maximum Gasteiger partial charge on any atom is 0.257 e. The molecule has 3 aromatic rings. The lowest BCUT2D eigenvalue weighted by Gasteiger charge is -2.26. The fourth-order valence-electron chi connectivity index (χ4n) is 4.08. The molecule has 0 aliphatic carbocycles. The van der Waals surface area contributed by atoms with E-state index >= 15 is 0 Å². The van der Waals surface area contributed by atoms with Gasteiger partial charge in [0.15, 0.2) is 0 Å². The number of aryl methyl sites for hydroxylation is 1. The molecule has 0 radical (unpaired) electrons. The molecule has 0 spiro atoms. The van der Waals surface area contributed by atoms with Gasteiger partial charge in [-0.2, -0.15) is 0 Å². The van der Waals surface area contributed by atoms with E-state index in [1.165, 1.54) is 5.56 Å². The second-order valence-corrected chi connectivity index (χ2v) is 7.86. The van der Waals surface area contributed by atoms with Crippen LogP contribution >= 0.6 is 0 Å². The van der Waals surface area contributed by atoms with Gasteiger partial charge in [0.05, 0.1) is 25.9 Å². The first-order chi connectivity index (χ1) is 15.0. The van der Waals surface area contributed by atoms with Crippen LogP contribution in [0.5, 0.6) is 5.75 Å². The highest BCUT2D eigenvalue weighted by atomic mass is 16.5. The molecule has 1 fully saturated rings. The van der Waals surface area contributed by atoms with E-state index in [2.05, 4.69) is 26.9 Å². The Morgan fingerprint density at radius 3 is 2.52 bits per heavy atom. The molecule has 1 amide bonds. The molecule has 162 valence electrons. The molecule has 1 aromatic heterocycles. The highest BCUT2D eigenvalue weighted by Crippen LogP contribution is 2.24. The number of nitrogens with zero attached hydrogens (tertiary/aromatic N) is 2. The van der Waals surface area contributed by atoms with Gasteiger partial charge in [-0.1, -0.05) is 12.1 Å². The summed E-state index contributed by atoms with van der Waals surface area (Å²) in [4.78, 5) is 15.4. The molecule has 0 saturated carbocycles. The smallest absolute Gasteiger partial charge is 0.257 e. The van der Waals surface area contributed by atoms with Crippen molar-refractivity contribution in [2.45, 2.75) is 20.4 Å². The van der Waals surface area contributed by atoms with E-state index < -0.39 is 0 Å². The minimum atomic E-state index is -0.101. The summed E-state index contributed by atoms with van der Waals surface area (Å²) < 4.78 is 12.8. The normalized spacial score (nSPS) is 14.4. The van der Waals surface area contributed by atoms with E-state index in [4.69, 9.17) is 9.47 Å². The Morgan fingerprint density at radius 1 is 1.06 bits per heavy atom. The van der Waals surface area contributed by atoms with Gasteiger partial charge in [-0.15, -0.1) is 0 Å². The topological polar surface area (TPSA) is 55.7 Å². The zero-order chi connectivity index (χ0) is 21.8. The highest BCUT2D eigenvalue weighted by Gasteiger charge is 2.17. The molecule has 1 saturated heterocycles. The zero-order valence-electron chi connectivity index (χ0n) is 18.4. The average Bonchev–Trinajstić information content (AvgIpc) is 3.09. The molecule has 6 nitrogen and oxygen atoms in total. The number of benzene rings is 2. The lowest BCUT2D eigenvalue weighted by molar-refractivity contribution is 0.0342. The molecule has 0 atom stereocenters. The molecule has 0 unspecified atom stereocenters. The van der Waals surface area contributed by atoms with Crippen molar-refractivity contribution in [2.75, 3.05) is 38.7 Å². The summed E-state index contributed by atoms with van der Waals surface area (Å²) in [7, 11) is 1.65. The standard InChI is InChI=1S/C25H29N3O3/c1-18-15-24(19(2)28(18)22-7-9-23(30-3)10-8-22)25(29)26-21-6-4-5-20(16-21)17-27-11-13-31-14-12-27/h4-10,15-16H,11-14,17H2,1-3H3,(H,26,29). The third-order valence-electron chi connectivity index (χ3n) is 5.70. The van der Waals surface area contributed by atoms with E-state index in [-0.39, 0.29) is 5.91 Å². The number of amides is 1. The minimum Gasteiger partial charge on any atom is -0.497 e. The summed E-state index contributed by atoms with van der Waals surface area (Å²) in [5.41, 5.74) is 5.58. The molecule has 0 bridgehead atoms. The number of ether oxygens (including phenoxy) is 2.